The maximum atomic E-state index is 11.5. The maximum Gasteiger partial charge on any atom is 0.221 e. The van der Waals surface area contributed by atoms with Crippen LogP contribution in [0.1, 0.15) is 63.5 Å². The van der Waals surface area contributed by atoms with E-state index in [0.717, 1.165) is 56.8 Å². The number of carbonyl (C=O) groups is 1. The predicted molar refractivity (Wildman–Crippen MR) is 143 cm³/mol. The molecule has 4 N–H and O–H groups in total. The van der Waals surface area contributed by atoms with Gasteiger partial charge in [0, 0.05) is 32.7 Å². The van der Waals surface area contributed by atoms with Crippen LogP contribution in [-0.2, 0) is 17.9 Å². The van der Waals surface area contributed by atoms with Gasteiger partial charge < -0.3 is 16.4 Å². The molecule has 1 aliphatic heterocycles. The smallest absolute Gasteiger partial charge is 0.221 e. The standard InChI is InChI=1S/C25H41N5O.HI/c1-18(2)21-9-11-23(12-10-21)29-25(27-3)28-15-19-6-4-7-20(14-19)16-30-13-5-8-22(17-30)24(26)31;/h4,6-7,14,18,21-23H,5,8-13,15-17H2,1-3H3,(H2,26,31)(H2,27,28,29);1H. The van der Waals surface area contributed by atoms with Gasteiger partial charge in [-0.25, -0.2) is 0 Å². The fourth-order valence-corrected chi connectivity index (χ4v) is 5.03. The summed E-state index contributed by atoms with van der Waals surface area (Å²) in [5.41, 5.74) is 8.04. The summed E-state index contributed by atoms with van der Waals surface area (Å²) in [6, 6.07) is 9.20. The van der Waals surface area contributed by atoms with Crippen LogP contribution in [0.4, 0.5) is 0 Å². The molecule has 1 amide bonds. The van der Waals surface area contributed by atoms with Crippen molar-refractivity contribution in [2.24, 2.45) is 28.5 Å². The minimum absolute atomic E-state index is 0. The van der Waals surface area contributed by atoms with Crippen LogP contribution < -0.4 is 16.4 Å². The van der Waals surface area contributed by atoms with Crippen molar-refractivity contribution in [3.05, 3.63) is 35.4 Å². The van der Waals surface area contributed by atoms with Crippen LogP contribution in [0.2, 0.25) is 0 Å². The predicted octanol–water partition coefficient (Wildman–Crippen LogP) is 3.88. The number of hydrogen-bond donors (Lipinski definition) is 3. The number of rotatable bonds is 7. The number of hydrogen-bond acceptors (Lipinski definition) is 3. The Bertz CT molecular complexity index is 746. The highest BCUT2D eigenvalue weighted by Gasteiger charge is 2.24. The van der Waals surface area contributed by atoms with Crippen LogP contribution in [0.5, 0.6) is 0 Å². The summed E-state index contributed by atoms with van der Waals surface area (Å²) in [6.45, 7) is 8.10. The van der Waals surface area contributed by atoms with Crippen LogP contribution in [0.3, 0.4) is 0 Å². The van der Waals surface area contributed by atoms with Gasteiger partial charge >= 0.3 is 0 Å². The molecule has 180 valence electrons. The van der Waals surface area contributed by atoms with Crippen LogP contribution >= 0.6 is 24.0 Å². The van der Waals surface area contributed by atoms with Crippen molar-refractivity contribution < 1.29 is 4.79 Å². The van der Waals surface area contributed by atoms with E-state index in [9.17, 15) is 4.79 Å². The summed E-state index contributed by atoms with van der Waals surface area (Å²) in [5.74, 6) is 2.37. The molecule has 7 heteroatoms. The van der Waals surface area contributed by atoms with E-state index in [1.54, 1.807) is 0 Å². The summed E-state index contributed by atoms with van der Waals surface area (Å²) >= 11 is 0. The molecule has 2 aliphatic rings. The molecule has 1 aromatic rings. The molecule has 1 unspecified atom stereocenters. The molecule has 1 heterocycles. The molecule has 6 nitrogen and oxygen atoms in total. The lowest BCUT2D eigenvalue weighted by Crippen LogP contribution is -2.44. The highest BCUT2D eigenvalue weighted by Crippen LogP contribution is 2.29. The van der Waals surface area contributed by atoms with E-state index >= 15 is 0 Å². The largest absolute Gasteiger partial charge is 0.369 e. The molecule has 0 radical (unpaired) electrons. The van der Waals surface area contributed by atoms with Crippen molar-refractivity contribution in [1.82, 2.24) is 15.5 Å². The fraction of sp³-hybridized carbons (Fsp3) is 0.680. The summed E-state index contributed by atoms with van der Waals surface area (Å²) in [6.07, 6.45) is 7.02. The number of likely N-dealkylation sites (tertiary alicyclic amines) is 1. The normalized spacial score (nSPS) is 24.6. The summed E-state index contributed by atoms with van der Waals surface area (Å²) in [4.78, 5) is 18.3. The minimum atomic E-state index is -0.167. The highest BCUT2D eigenvalue weighted by atomic mass is 127. The Hall–Kier alpha value is -1.35. The fourth-order valence-electron chi connectivity index (χ4n) is 5.03. The number of nitrogens with zero attached hydrogens (tertiary/aromatic N) is 2. The lowest BCUT2D eigenvalue weighted by atomic mass is 9.80. The monoisotopic (exact) mass is 555 g/mol. The van der Waals surface area contributed by atoms with Gasteiger partial charge in [0.1, 0.15) is 0 Å². The first-order valence-electron chi connectivity index (χ1n) is 12.0. The molecule has 32 heavy (non-hydrogen) atoms. The third-order valence-electron chi connectivity index (χ3n) is 7.04. The second-order valence-corrected chi connectivity index (χ2v) is 9.72. The zero-order chi connectivity index (χ0) is 22.2. The van der Waals surface area contributed by atoms with E-state index in [4.69, 9.17) is 5.73 Å². The van der Waals surface area contributed by atoms with Crippen molar-refractivity contribution in [3.63, 3.8) is 0 Å². The first kappa shape index (κ1) is 26.9. The number of nitrogens with one attached hydrogen (secondary N) is 2. The second kappa shape index (κ2) is 13.4. The lowest BCUT2D eigenvalue weighted by molar-refractivity contribution is -0.123. The molecular weight excluding hydrogens is 513 g/mol. The Labute approximate surface area is 211 Å². The molecule has 0 bridgehead atoms. The van der Waals surface area contributed by atoms with Gasteiger partial charge in [0.05, 0.1) is 5.92 Å². The highest BCUT2D eigenvalue weighted by molar-refractivity contribution is 14.0. The van der Waals surface area contributed by atoms with Gasteiger partial charge in [-0.2, -0.15) is 0 Å². The Balaban J connectivity index is 0.00000363. The second-order valence-electron chi connectivity index (χ2n) is 9.72. The number of guanidine groups is 1. The number of nitrogens with two attached hydrogens (primary N) is 1. The quantitative estimate of drug-likeness (QED) is 0.271. The van der Waals surface area contributed by atoms with Gasteiger partial charge in [0.25, 0.3) is 0 Å². The molecule has 0 aromatic heterocycles. The molecular formula is C25H42IN5O. The van der Waals surface area contributed by atoms with Gasteiger partial charge in [0.15, 0.2) is 5.96 Å². The van der Waals surface area contributed by atoms with Crippen LogP contribution in [0.25, 0.3) is 0 Å². The Morgan fingerprint density at radius 1 is 1.19 bits per heavy atom. The van der Waals surface area contributed by atoms with Crippen LogP contribution in [0, 0.1) is 17.8 Å². The number of primary amides is 1. The van der Waals surface area contributed by atoms with E-state index in [2.05, 4.69) is 58.6 Å². The Morgan fingerprint density at radius 3 is 2.56 bits per heavy atom. The topological polar surface area (TPSA) is 82.8 Å². The zero-order valence-corrected chi connectivity index (χ0v) is 22.3. The average Bonchev–Trinajstić information content (AvgIpc) is 2.77. The first-order chi connectivity index (χ1) is 14.9. The van der Waals surface area contributed by atoms with E-state index in [-0.39, 0.29) is 35.8 Å². The van der Waals surface area contributed by atoms with Crippen molar-refractivity contribution in [2.75, 3.05) is 20.1 Å². The van der Waals surface area contributed by atoms with Crippen molar-refractivity contribution in [2.45, 2.75) is 71.5 Å². The number of carbonyl (C=O) groups excluding carboxylic acids is 1. The average molecular weight is 556 g/mol. The molecule has 0 spiro atoms. The van der Waals surface area contributed by atoms with E-state index < -0.39 is 0 Å². The Kier molecular flexibility index (Phi) is 11.2. The molecule has 1 atom stereocenters. The molecule has 1 aliphatic carbocycles. The molecule has 1 saturated heterocycles. The molecule has 1 aromatic carbocycles. The molecule has 3 rings (SSSR count). The van der Waals surface area contributed by atoms with Gasteiger partial charge in [-0.3, -0.25) is 14.7 Å². The summed E-state index contributed by atoms with van der Waals surface area (Å²) in [5, 5.41) is 7.10. The van der Waals surface area contributed by atoms with Gasteiger partial charge in [-0.15, -0.1) is 24.0 Å². The molecule has 2 fully saturated rings. The number of halogens is 1. The zero-order valence-electron chi connectivity index (χ0n) is 20.0. The summed E-state index contributed by atoms with van der Waals surface area (Å²) < 4.78 is 0. The number of piperidine rings is 1. The van der Waals surface area contributed by atoms with Crippen LogP contribution in [-0.4, -0.2) is 42.9 Å². The van der Waals surface area contributed by atoms with E-state index in [1.807, 2.05) is 7.05 Å². The SMILES string of the molecule is CN=C(NCc1cccc(CN2CCCC(C(N)=O)C2)c1)NC1CCC(C(C)C)CC1.I. The van der Waals surface area contributed by atoms with E-state index in [1.165, 1.54) is 36.8 Å². The van der Waals surface area contributed by atoms with Gasteiger partial charge in [0.2, 0.25) is 5.91 Å². The number of benzene rings is 1. The molecule has 1 saturated carbocycles. The number of amides is 1. The van der Waals surface area contributed by atoms with Crippen molar-refractivity contribution >= 4 is 35.8 Å². The Morgan fingerprint density at radius 2 is 1.91 bits per heavy atom. The third kappa shape index (κ3) is 8.21. The third-order valence-corrected chi connectivity index (χ3v) is 7.04. The van der Waals surface area contributed by atoms with Crippen LogP contribution in [0.15, 0.2) is 29.3 Å². The van der Waals surface area contributed by atoms with E-state index in [0.29, 0.717) is 6.04 Å². The van der Waals surface area contributed by atoms with Gasteiger partial charge in [-0.1, -0.05) is 38.1 Å². The maximum absolute atomic E-state index is 11.5. The minimum Gasteiger partial charge on any atom is -0.369 e. The number of aliphatic imine (C=N–C) groups is 1. The summed E-state index contributed by atoms with van der Waals surface area (Å²) in [7, 11) is 1.84. The first-order valence-corrected chi connectivity index (χ1v) is 12.0. The lowest BCUT2D eigenvalue weighted by Gasteiger charge is -2.32. The van der Waals surface area contributed by atoms with Crippen molar-refractivity contribution in [1.29, 1.82) is 0 Å². The van der Waals surface area contributed by atoms with Crippen molar-refractivity contribution in [3.8, 4) is 0 Å². The van der Waals surface area contributed by atoms with Gasteiger partial charge in [-0.05, 0) is 68.0 Å².